The smallest absolute Gasteiger partial charge is 0.121 e. The van der Waals surface area contributed by atoms with Gasteiger partial charge in [0.05, 0.1) is 18.2 Å². The highest BCUT2D eigenvalue weighted by atomic mass is 16.5. The number of ether oxygens (including phenoxy) is 1. The van der Waals surface area contributed by atoms with Crippen LogP contribution in [0.15, 0.2) is 10.3 Å². The molecule has 2 aliphatic rings. The van der Waals surface area contributed by atoms with E-state index in [-0.39, 0.29) is 18.2 Å². The molecule has 17 heavy (non-hydrogen) atoms. The van der Waals surface area contributed by atoms with Gasteiger partial charge >= 0.3 is 0 Å². The number of hydrogen-bond donors (Lipinski definition) is 0. The van der Waals surface area contributed by atoms with Crippen LogP contribution in [-0.2, 0) is 4.74 Å². The Kier molecular flexibility index (Phi) is 4.37. The van der Waals surface area contributed by atoms with Crippen LogP contribution in [0.25, 0.3) is 0 Å². The molecule has 0 radical (unpaired) electrons. The van der Waals surface area contributed by atoms with Crippen LogP contribution in [0.3, 0.4) is 0 Å². The molecule has 0 spiro atoms. The average Bonchev–Trinajstić information content (AvgIpc) is 2.65. The van der Waals surface area contributed by atoms with E-state index in [9.17, 15) is 0 Å². The van der Waals surface area contributed by atoms with Crippen molar-refractivity contribution in [2.24, 2.45) is 10.3 Å². The van der Waals surface area contributed by atoms with Gasteiger partial charge in [0.15, 0.2) is 0 Å². The molecule has 3 unspecified atom stereocenters. The maximum Gasteiger partial charge on any atom is 0.121 e. The largest absolute Gasteiger partial charge is 0.373 e. The van der Waals surface area contributed by atoms with E-state index < -0.39 is 0 Å². The molecule has 0 bridgehead atoms. The molecule has 4 nitrogen and oxygen atoms in total. The molecule has 0 amide bonds. The van der Waals surface area contributed by atoms with E-state index in [0.29, 0.717) is 6.04 Å². The van der Waals surface area contributed by atoms with Crippen LogP contribution in [0.5, 0.6) is 0 Å². The number of hydrogen-bond acceptors (Lipinski definition) is 4. The quantitative estimate of drug-likeness (QED) is 0.758. The topological polar surface area (TPSA) is 37.2 Å². The fraction of sp³-hybridized carbons (Fsp3) is 1.00. The summed E-state index contributed by atoms with van der Waals surface area (Å²) in [7, 11) is 0. The normalized spacial score (nSPS) is 33.6. The van der Waals surface area contributed by atoms with Crippen LogP contribution in [0, 0.1) is 0 Å². The summed E-state index contributed by atoms with van der Waals surface area (Å²) in [6.45, 7) is 7.33. The third kappa shape index (κ3) is 2.97. The first-order valence-electron chi connectivity index (χ1n) is 7.05. The second-order valence-corrected chi connectivity index (χ2v) is 5.38. The van der Waals surface area contributed by atoms with Gasteiger partial charge in [0.1, 0.15) is 6.04 Å². The molecule has 3 atom stereocenters. The van der Waals surface area contributed by atoms with E-state index in [4.69, 9.17) is 4.74 Å². The lowest BCUT2D eigenvalue weighted by Gasteiger charge is -2.32. The number of fused-ring (bicyclic) bond motifs is 1. The molecule has 1 aliphatic carbocycles. The second kappa shape index (κ2) is 5.80. The lowest BCUT2D eigenvalue weighted by Crippen LogP contribution is -2.43. The highest BCUT2D eigenvalue weighted by Gasteiger charge is 2.38. The number of nitrogens with zero attached hydrogens (tertiary/aromatic N) is 3. The average molecular weight is 239 g/mol. The Morgan fingerprint density at radius 2 is 2.00 bits per heavy atom. The minimum atomic E-state index is 0.262. The molecular formula is C13H25N3O. The van der Waals surface area contributed by atoms with Crippen molar-refractivity contribution in [2.75, 3.05) is 6.54 Å². The van der Waals surface area contributed by atoms with Crippen molar-refractivity contribution in [1.29, 1.82) is 0 Å². The Morgan fingerprint density at radius 1 is 1.24 bits per heavy atom. The van der Waals surface area contributed by atoms with Gasteiger partial charge in [-0.15, -0.1) is 0 Å². The standard InChI is InChI=1S/C13H25N3O/c1-4-16-11-8-6-5-7-9-12(17-10(2)3)13(11)14-15-16/h10-13H,4-9H2,1-3H3. The molecule has 98 valence electrons. The van der Waals surface area contributed by atoms with Crippen molar-refractivity contribution in [3.63, 3.8) is 0 Å². The summed E-state index contributed by atoms with van der Waals surface area (Å²) >= 11 is 0. The van der Waals surface area contributed by atoms with Crippen LogP contribution in [0.4, 0.5) is 0 Å². The molecule has 1 saturated carbocycles. The maximum atomic E-state index is 6.05. The van der Waals surface area contributed by atoms with Crippen LogP contribution < -0.4 is 0 Å². The molecule has 2 rings (SSSR count). The Bertz CT molecular complexity index is 267. The van der Waals surface area contributed by atoms with Gasteiger partial charge in [0.2, 0.25) is 0 Å². The summed E-state index contributed by atoms with van der Waals surface area (Å²) in [6, 6.07) is 0.738. The number of rotatable bonds is 3. The number of likely N-dealkylation sites (N-methyl/N-ethyl adjacent to an activating group) is 1. The summed E-state index contributed by atoms with van der Waals surface area (Å²) in [5.74, 6) is 0. The SMILES string of the molecule is CCN1N=NC2C(OC(C)C)CCCCCC21. The van der Waals surface area contributed by atoms with Crippen molar-refractivity contribution in [2.45, 2.75) is 77.2 Å². The van der Waals surface area contributed by atoms with E-state index in [1.165, 1.54) is 25.7 Å². The Balaban J connectivity index is 2.07. The van der Waals surface area contributed by atoms with E-state index in [1.807, 2.05) is 0 Å². The molecule has 0 aromatic carbocycles. The van der Waals surface area contributed by atoms with E-state index in [1.54, 1.807) is 0 Å². The van der Waals surface area contributed by atoms with E-state index in [2.05, 4.69) is 36.1 Å². The summed E-state index contributed by atoms with van der Waals surface area (Å²) in [6.07, 6.45) is 6.78. The molecule has 1 aliphatic heterocycles. The van der Waals surface area contributed by atoms with E-state index in [0.717, 1.165) is 13.0 Å². The van der Waals surface area contributed by atoms with Crippen LogP contribution >= 0.6 is 0 Å². The van der Waals surface area contributed by atoms with Gasteiger partial charge in [-0.1, -0.05) is 24.5 Å². The molecule has 1 fully saturated rings. The third-order valence-corrected chi connectivity index (χ3v) is 3.72. The molecule has 4 heteroatoms. The minimum absolute atomic E-state index is 0.262. The highest BCUT2D eigenvalue weighted by molar-refractivity contribution is 4.93. The predicted molar refractivity (Wildman–Crippen MR) is 67.9 cm³/mol. The first kappa shape index (κ1) is 12.8. The summed E-state index contributed by atoms with van der Waals surface area (Å²) in [4.78, 5) is 0. The van der Waals surface area contributed by atoms with Gasteiger partial charge < -0.3 is 4.74 Å². The predicted octanol–water partition coefficient (Wildman–Crippen LogP) is 3.18. The Labute approximate surface area is 104 Å². The third-order valence-electron chi connectivity index (χ3n) is 3.72. The molecule has 0 saturated heterocycles. The van der Waals surface area contributed by atoms with Gasteiger partial charge in [0, 0.05) is 6.54 Å². The zero-order chi connectivity index (χ0) is 12.3. The molecule has 0 N–H and O–H groups in total. The van der Waals surface area contributed by atoms with Gasteiger partial charge in [-0.3, -0.25) is 5.01 Å². The van der Waals surface area contributed by atoms with Crippen molar-refractivity contribution < 1.29 is 4.74 Å². The monoisotopic (exact) mass is 239 g/mol. The lowest BCUT2D eigenvalue weighted by atomic mass is 9.90. The molecular weight excluding hydrogens is 214 g/mol. The van der Waals surface area contributed by atoms with E-state index >= 15 is 0 Å². The molecule has 1 heterocycles. The van der Waals surface area contributed by atoms with Crippen molar-refractivity contribution in [3.8, 4) is 0 Å². The molecule has 0 aromatic heterocycles. The zero-order valence-electron chi connectivity index (χ0n) is 11.3. The lowest BCUT2D eigenvalue weighted by molar-refractivity contribution is -0.0250. The van der Waals surface area contributed by atoms with Gasteiger partial charge in [-0.25, -0.2) is 0 Å². The maximum absolute atomic E-state index is 6.05. The molecule has 0 aromatic rings. The van der Waals surface area contributed by atoms with Crippen molar-refractivity contribution in [3.05, 3.63) is 0 Å². The zero-order valence-corrected chi connectivity index (χ0v) is 11.3. The van der Waals surface area contributed by atoms with Crippen LogP contribution in [0.1, 0.15) is 52.9 Å². The van der Waals surface area contributed by atoms with Crippen LogP contribution in [0.2, 0.25) is 0 Å². The fourth-order valence-electron chi connectivity index (χ4n) is 2.93. The highest BCUT2D eigenvalue weighted by Crippen LogP contribution is 2.31. The Morgan fingerprint density at radius 3 is 2.71 bits per heavy atom. The summed E-state index contributed by atoms with van der Waals surface area (Å²) in [5, 5.41) is 10.9. The second-order valence-electron chi connectivity index (χ2n) is 5.38. The first-order valence-corrected chi connectivity index (χ1v) is 7.05. The van der Waals surface area contributed by atoms with Crippen LogP contribution in [-0.4, -0.2) is 35.8 Å². The minimum Gasteiger partial charge on any atom is -0.373 e. The Hall–Kier alpha value is -0.640. The fourth-order valence-corrected chi connectivity index (χ4v) is 2.93. The van der Waals surface area contributed by atoms with Gasteiger partial charge in [-0.2, -0.15) is 5.11 Å². The van der Waals surface area contributed by atoms with Crippen molar-refractivity contribution in [1.82, 2.24) is 5.01 Å². The van der Waals surface area contributed by atoms with Crippen molar-refractivity contribution >= 4 is 0 Å². The summed E-state index contributed by atoms with van der Waals surface area (Å²) < 4.78 is 6.05. The summed E-state index contributed by atoms with van der Waals surface area (Å²) in [5.41, 5.74) is 0. The van der Waals surface area contributed by atoms with Gasteiger partial charge in [-0.05, 0) is 33.6 Å². The van der Waals surface area contributed by atoms with Gasteiger partial charge in [0.25, 0.3) is 0 Å². The first-order chi connectivity index (χ1) is 8.22.